The summed E-state index contributed by atoms with van der Waals surface area (Å²) < 4.78 is 1.40. The predicted octanol–water partition coefficient (Wildman–Crippen LogP) is 2.05. The quantitative estimate of drug-likeness (QED) is 0.760. The molecule has 0 fully saturated rings. The maximum atomic E-state index is 12.6. The second kappa shape index (κ2) is 7.57. The Bertz CT molecular complexity index is 775. The Morgan fingerprint density at radius 1 is 1.25 bits per heavy atom. The van der Waals surface area contributed by atoms with Crippen molar-refractivity contribution in [3.8, 4) is 0 Å². The van der Waals surface area contributed by atoms with Crippen LogP contribution in [0.4, 0.5) is 0 Å². The monoisotopic (exact) mass is 330 g/mol. The number of unbranched alkanes of at least 4 members (excludes halogenated alkanes) is 2. The number of rotatable bonds is 7. The highest BCUT2D eigenvalue weighted by Gasteiger charge is 2.18. The molecule has 2 aromatic rings. The van der Waals surface area contributed by atoms with Crippen molar-refractivity contribution in [3.05, 3.63) is 40.3 Å². The fraction of sp³-hybridized carbons (Fsp3) is 0.500. The zero-order chi connectivity index (χ0) is 17.7. The van der Waals surface area contributed by atoms with Crippen LogP contribution in [0.1, 0.15) is 50.5 Å². The summed E-state index contributed by atoms with van der Waals surface area (Å²) >= 11 is 0. The summed E-state index contributed by atoms with van der Waals surface area (Å²) in [7, 11) is 0. The molecule has 1 amide bonds. The van der Waals surface area contributed by atoms with E-state index < -0.39 is 5.54 Å². The number of nitrogens with zero attached hydrogens (tertiary/aromatic N) is 2. The van der Waals surface area contributed by atoms with Gasteiger partial charge in [-0.1, -0.05) is 38.0 Å². The molecule has 130 valence electrons. The molecule has 24 heavy (non-hydrogen) atoms. The minimum Gasteiger partial charge on any atom is -0.349 e. The van der Waals surface area contributed by atoms with E-state index in [4.69, 9.17) is 5.73 Å². The van der Waals surface area contributed by atoms with Gasteiger partial charge < -0.3 is 11.1 Å². The molecule has 0 unspecified atom stereocenters. The molecule has 3 N–H and O–H groups in total. The molecule has 0 aliphatic heterocycles. The van der Waals surface area contributed by atoms with E-state index >= 15 is 0 Å². The predicted molar refractivity (Wildman–Crippen MR) is 96.1 cm³/mol. The van der Waals surface area contributed by atoms with E-state index in [0.717, 1.165) is 19.3 Å². The second-order valence-electron chi connectivity index (χ2n) is 6.80. The SMILES string of the molecule is CCCCCn1nc(C(=O)NCC(C)(C)N)c2ccccc2c1=O. The van der Waals surface area contributed by atoms with Gasteiger partial charge in [-0.05, 0) is 26.3 Å². The van der Waals surface area contributed by atoms with Crippen molar-refractivity contribution in [2.24, 2.45) is 5.73 Å². The number of hydrogen-bond acceptors (Lipinski definition) is 4. The molecule has 0 aliphatic carbocycles. The number of aryl methyl sites for hydroxylation is 1. The third-order valence-corrected chi connectivity index (χ3v) is 3.76. The number of aromatic nitrogens is 2. The highest BCUT2D eigenvalue weighted by molar-refractivity contribution is 6.04. The van der Waals surface area contributed by atoms with Crippen LogP contribution < -0.4 is 16.6 Å². The lowest BCUT2D eigenvalue weighted by molar-refractivity contribution is 0.0940. The molecular weight excluding hydrogens is 304 g/mol. The maximum absolute atomic E-state index is 12.6. The molecule has 0 saturated carbocycles. The maximum Gasteiger partial charge on any atom is 0.274 e. The first-order valence-corrected chi connectivity index (χ1v) is 8.40. The average Bonchev–Trinajstić information content (AvgIpc) is 2.54. The zero-order valence-electron chi connectivity index (χ0n) is 14.6. The van der Waals surface area contributed by atoms with Gasteiger partial charge in [0.25, 0.3) is 11.5 Å². The van der Waals surface area contributed by atoms with Gasteiger partial charge in [0.05, 0.1) is 5.39 Å². The fourth-order valence-corrected chi connectivity index (χ4v) is 2.46. The molecule has 0 saturated heterocycles. The van der Waals surface area contributed by atoms with Gasteiger partial charge in [-0.3, -0.25) is 9.59 Å². The number of amides is 1. The van der Waals surface area contributed by atoms with Gasteiger partial charge in [0.15, 0.2) is 5.69 Å². The minimum atomic E-state index is -0.513. The van der Waals surface area contributed by atoms with Crippen LogP contribution in [-0.2, 0) is 6.54 Å². The number of nitrogens with one attached hydrogen (secondary N) is 1. The Hall–Kier alpha value is -2.21. The van der Waals surface area contributed by atoms with Crippen LogP contribution in [0.2, 0.25) is 0 Å². The first-order chi connectivity index (χ1) is 11.3. The molecule has 0 bridgehead atoms. The third kappa shape index (κ3) is 4.41. The molecular formula is C18H26N4O2. The van der Waals surface area contributed by atoms with Gasteiger partial charge in [-0.15, -0.1) is 0 Å². The van der Waals surface area contributed by atoms with Crippen molar-refractivity contribution < 1.29 is 4.79 Å². The Labute approximate surface area is 142 Å². The number of carbonyl (C=O) groups excluding carboxylic acids is 1. The van der Waals surface area contributed by atoms with Gasteiger partial charge >= 0.3 is 0 Å². The number of nitrogens with two attached hydrogens (primary N) is 1. The molecule has 2 rings (SSSR count). The Balaban J connectivity index is 2.41. The van der Waals surface area contributed by atoms with Crippen LogP contribution in [0.5, 0.6) is 0 Å². The van der Waals surface area contributed by atoms with Crippen molar-refractivity contribution in [2.75, 3.05) is 6.54 Å². The van der Waals surface area contributed by atoms with E-state index in [0.29, 0.717) is 23.9 Å². The van der Waals surface area contributed by atoms with Crippen molar-refractivity contribution in [3.63, 3.8) is 0 Å². The highest BCUT2D eigenvalue weighted by atomic mass is 16.2. The normalized spacial score (nSPS) is 11.7. The highest BCUT2D eigenvalue weighted by Crippen LogP contribution is 2.13. The van der Waals surface area contributed by atoms with Gasteiger partial charge in [0, 0.05) is 24.0 Å². The molecule has 0 aliphatic rings. The Morgan fingerprint density at radius 2 is 1.92 bits per heavy atom. The summed E-state index contributed by atoms with van der Waals surface area (Å²) in [5, 5.41) is 8.21. The lowest BCUT2D eigenvalue weighted by atomic mass is 10.1. The van der Waals surface area contributed by atoms with Crippen LogP contribution >= 0.6 is 0 Å². The van der Waals surface area contributed by atoms with Gasteiger partial charge in [-0.2, -0.15) is 5.10 Å². The van der Waals surface area contributed by atoms with E-state index in [2.05, 4.69) is 17.3 Å². The summed E-state index contributed by atoms with van der Waals surface area (Å²) in [6.45, 7) is 6.62. The van der Waals surface area contributed by atoms with E-state index in [1.54, 1.807) is 24.3 Å². The van der Waals surface area contributed by atoms with Gasteiger partial charge in [0.2, 0.25) is 0 Å². The molecule has 0 spiro atoms. The number of fused-ring (bicyclic) bond motifs is 1. The topological polar surface area (TPSA) is 90.0 Å². The van der Waals surface area contributed by atoms with Crippen molar-refractivity contribution >= 4 is 16.7 Å². The summed E-state index contributed by atoms with van der Waals surface area (Å²) in [6.07, 6.45) is 2.93. The lowest BCUT2D eigenvalue weighted by Gasteiger charge is -2.19. The fourth-order valence-electron chi connectivity index (χ4n) is 2.46. The van der Waals surface area contributed by atoms with E-state index in [1.807, 2.05) is 13.8 Å². The van der Waals surface area contributed by atoms with E-state index in [9.17, 15) is 9.59 Å². The Kier molecular flexibility index (Phi) is 5.72. The summed E-state index contributed by atoms with van der Waals surface area (Å²) in [4.78, 5) is 25.1. The average molecular weight is 330 g/mol. The van der Waals surface area contributed by atoms with Crippen LogP contribution in [0.3, 0.4) is 0 Å². The summed E-state index contributed by atoms with van der Waals surface area (Å²) in [5.74, 6) is -0.311. The van der Waals surface area contributed by atoms with Gasteiger partial charge in [0.1, 0.15) is 0 Å². The first kappa shape index (κ1) is 18.1. The molecule has 6 heteroatoms. The van der Waals surface area contributed by atoms with Crippen molar-refractivity contribution in [2.45, 2.75) is 52.1 Å². The zero-order valence-corrected chi connectivity index (χ0v) is 14.6. The number of carbonyl (C=O) groups is 1. The smallest absolute Gasteiger partial charge is 0.274 e. The van der Waals surface area contributed by atoms with Crippen molar-refractivity contribution in [1.82, 2.24) is 15.1 Å². The first-order valence-electron chi connectivity index (χ1n) is 8.40. The Morgan fingerprint density at radius 3 is 2.54 bits per heavy atom. The molecule has 1 aromatic heterocycles. The van der Waals surface area contributed by atoms with E-state index in [1.165, 1.54) is 4.68 Å². The molecule has 1 heterocycles. The molecule has 0 radical (unpaired) electrons. The summed E-state index contributed by atoms with van der Waals surface area (Å²) in [6, 6.07) is 7.08. The third-order valence-electron chi connectivity index (χ3n) is 3.76. The second-order valence-corrected chi connectivity index (χ2v) is 6.80. The standard InChI is InChI=1S/C18H26N4O2/c1-4-5-8-11-22-17(24)14-10-7-6-9-13(14)15(21-22)16(23)20-12-18(2,3)19/h6-7,9-10H,4-5,8,11-12,19H2,1-3H3,(H,20,23). The van der Waals surface area contributed by atoms with Gasteiger partial charge in [-0.25, -0.2) is 4.68 Å². The summed E-state index contributed by atoms with van der Waals surface area (Å²) in [5.41, 5.74) is 5.52. The lowest BCUT2D eigenvalue weighted by Crippen LogP contribution is -2.45. The number of hydrogen-bond donors (Lipinski definition) is 2. The molecule has 1 aromatic carbocycles. The van der Waals surface area contributed by atoms with E-state index in [-0.39, 0.29) is 17.2 Å². The van der Waals surface area contributed by atoms with Crippen LogP contribution in [-0.4, -0.2) is 27.8 Å². The van der Waals surface area contributed by atoms with Crippen LogP contribution in [0.25, 0.3) is 10.8 Å². The van der Waals surface area contributed by atoms with Crippen molar-refractivity contribution in [1.29, 1.82) is 0 Å². The number of benzene rings is 1. The van der Waals surface area contributed by atoms with Crippen LogP contribution in [0, 0.1) is 0 Å². The van der Waals surface area contributed by atoms with Crippen LogP contribution in [0.15, 0.2) is 29.1 Å². The molecule has 0 atom stereocenters. The minimum absolute atomic E-state index is 0.155. The largest absolute Gasteiger partial charge is 0.349 e. The molecule has 6 nitrogen and oxygen atoms in total.